The van der Waals surface area contributed by atoms with E-state index in [0.29, 0.717) is 12.8 Å². The quantitative estimate of drug-likeness (QED) is 0.455. The fraction of sp³-hybridized carbons (Fsp3) is 0.167. The van der Waals surface area contributed by atoms with Gasteiger partial charge in [0, 0.05) is 30.2 Å². The summed E-state index contributed by atoms with van der Waals surface area (Å²) in [5, 5.41) is 12.5. The largest absolute Gasteiger partial charge is 0.338 e. The Morgan fingerprint density at radius 1 is 0.967 bits per heavy atom. The maximum absolute atomic E-state index is 12.0. The molecule has 0 bridgehead atoms. The van der Waals surface area contributed by atoms with E-state index in [4.69, 9.17) is 0 Å². The Bertz CT molecular complexity index is 1230. The Balaban J connectivity index is 1.61. The molecule has 0 unspecified atom stereocenters. The molecule has 0 amide bonds. The molecule has 148 valence electrons. The summed E-state index contributed by atoms with van der Waals surface area (Å²) in [7, 11) is 0. The van der Waals surface area contributed by atoms with E-state index in [-0.39, 0.29) is 5.78 Å². The first kappa shape index (κ1) is 18.2. The van der Waals surface area contributed by atoms with Crippen LogP contribution in [0.3, 0.4) is 0 Å². The highest BCUT2D eigenvalue weighted by Crippen LogP contribution is 2.38. The summed E-state index contributed by atoms with van der Waals surface area (Å²) in [5.41, 5.74) is 4.76. The zero-order valence-corrected chi connectivity index (χ0v) is 16.7. The summed E-state index contributed by atoms with van der Waals surface area (Å²) in [4.78, 5) is 16.5. The molecule has 0 radical (unpaired) electrons. The van der Waals surface area contributed by atoms with Crippen molar-refractivity contribution in [2.75, 3.05) is 5.32 Å². The highest BCUT2D eigenvalue weighted by molar-refractivity contribution is 5.85. The third-order valence-corrected chi connectivity index (χ3v) is 5.25. The molecule has 3 heterocycles. The lowest BCUT2D eigenvalue weighted by molar-refractivity contribution is -0.118. The van der Waals surface area contributed by atoms with Crippen molar-refractivity contribution in [3.05, 3.63) is 72.4 Å². The number of ketones is 1. The normalized spacial score (nSPS) is 11.6. The van der Waals surface area contributed by atoms with E-state index in [0.717, 1.165) is 52.0 Å². The number of pyridine rings is 1. The standard InChI is InChI=1S/C24H21N5O/c1-2-6-18(30)15-16-10-12-17(13-11-16)23-27-28-24-19-7-3-4-8-20(19)26-22-21(29(23)24)9-5-14-25-22/h3-5,7-14H,2,6,15H2,1H3,(H,25,26). The van der Waals surface area contributed by atoms with Crippen LogP contribution in [0, 0.1) is 0 Å². The maximum Gasteiger partial charge on any atom is 0.171 e. The Kier molecular flexibility index (Phi) is 4.59. The second kappa shape index (κ2) is 7.55. The Labute approximate surface area is 174 Å². The van der Waals surface area contributed by atoms with Crippen molar-refractivity contribution in [2.24, 2.45) is 0 Å². The van der Waals surface area contributed by atoms with Gasteiger partial charge in [-0.2, -0.15) is 0 Å². The predicted molar refractivity (Wildman–Crippen MR) is 117 cm³/mol. The van der Waals surface area contributed by atoms with Crippen molar-refractivity contribution < 1.29 is 4.79 Å². The number of aromatic nitrogens is 4. The van der Waals surface area contributed by atoms with Gasteiger partial charge in [-0.3, -0.25) is 9.36 Å². The van der Waals surface area contributed by atoms with Gasteiger partial charge in [-0.1, -0.05) is 43.3 Å². The second-order valence-electron chi connectivity index (χ2n) is 7.39. The number of rotatable bonds is 5. The number of para-hydroxylation sites is 1. The van der Waals surface area contributed by atoms with Gasteiger partial charge in [-0.15, -0.1) is 10.2 Å². The number of fused-ring (bicyclic) bond motifs is 5. The Hall–Kier alpha value is -3.80. The van der Waals surface area contributed by atoms with E-state index < -0.39 is 0 Å². The van der Waals surface area contributed by atoms with Crippen LogP contribution in [0.5, 0.6) is 0 Å². The van der Waals surface area contributed by atoms with Crippen molar-refractivity contribution in [3.63, 3.8) is 0 Å². The van der Waals surface area contributed by atoms with E-state index in [2.05, 4.69) is 20.5 Å². The number of nitrogens with zero attached hydrogens (tertiary/aromatic N) is 4. The number of nitrogens with one attached hydrogen (secondary N) is 1. The fourth-order valence-corrected chi connectivity index (χ4v) is 3.83. The summed E-state index contributed by atoms with van der Waals surface area (Å²) in [6, 6.07) is 19.9. The molecule has 0 saturated heterocycles. The minimum atomic E-state index is 0.268. The molecule has 4 aromatic rings. The van der Waals surface area contributed by atoms with Gasteiger partial charge in [-0.05, 0) is 36.2 Å². The van der Waals surface area contributed by atoms with Crippen LogP contribution in [0.15, 0.2) is 66.9 Å². The zero-order chi connectivity index (χ0) is 20.5. The molecule has 1 N–H and O–H groups in total. The number of hydrogen-bond acceptors (Lipinski definition) is 5. The molecule has 1 aliphatic heterocycles. The van der Waals surface area contributed by atoms with Crippen LogP contribution in [-0.4, -0.2) is 25.5 Å². The van der Waals surface area contributed by atoms with E-state index in [1.165, 1.54) is 0 Å². The number of hydrogen-bond donors (Lipinski definition) is 1. The van der Waals surface area contributed by atoms with Crippen LogP contribution in [0.4, 0.5) is 11.5 Å². The molecule has 2 aromatic heterocycles. The average Bonchev–Trinajstić information content (AvgIpc) is 3.14. The van der Waals surface area contributed by atoms with Crippen LogP contribution in [0.2, 0.25) is 0 Å². The summed E-state index contributed by atoms with van der Waals surface area (Å²) >= 11 is 0. The van der Waals surface area contributed by atoms with Crippen LogP contribution in [0.25, 0.3) is 28.5 Å². The highest BCUT2D eigenvalue weighted by Gasteiger charge is 2.24. The van der Waals surface area contributed by atoms with E-state index >= 15 is 0 Å². The minimum absolute atomic E-state index is 0.268. The van der Waals surface area contributed by atoms with Crippen LogP contribution >= 0.6 is 0 Å². The second-order valence-corrected chi connectivity index (χ2v) is 7.39. The minimum Gasteiger partial charge on any atom is -0.338 e. The first-order valence-corrected chi connectivity index (χ1v) is 10.1. The lowest BCUT2D eigenvalue weighted by atomic mass is 10.0. The molecule has 6 nitrogen and oxygen atoms in total. The first-order chi connectivity index (χ1) is 14.7. The van der Waals surface area contributed by atoms with Gasteiger partial charge >= 0.3 is 0 Å². The summed E-state index contributed by atoms with van der Waals surface area (Å²) in [5.74, 6) is 2.53. The van der Waals surface area contributed by atoms with Crippen molar-refractivity contribution in [1.82, 2.24) is 19.7 Å². The summed E-state index contributed by atoms with van der Waals surface area (Å²) < 4.78 is 2.04. The van der Waals surface area contributed by atoms with Crippen LogP contribution in [0.1, 0.15) is 25.3 Å². The van der Waals surface area contributed by atoms with Gasteiger partial charge < -0.3 is 5.32 Å². The molecule has 2 aromatic carbocycles. The zero-order valence-electron chi connectivity index (χ0n) is 16.7. The number of Topliss-reactive ketones (excluding diaryl/α,β-unsaturated/α-hetero) is 1. The van der Waals surface area contributed by atoms with Gasteiger partial charge in [0.1, 0.15) is 5.78 Å². The molecule has 0 fully saturated rings. The monoisotopic (exact) mass is 395 g/mol. The number of anilines is 2. The van der Waals surface area contributed by atoms with Gasteiger partial charge in [0.25, 0.3) is 0 Å². The van der Waals surface area contributed by atoms with Gasteiger partial charge in [-0.25, -0.2) is 4.98 Å². The number of carbonyl (C=O) groups is 1. The molecule has 0 aliphatic carbocycles. The smallest absolute Gasteiger partial charge is 0.171 e. The molecule has 0 spiro atoms. The molecule has 1 aliphatic rings. The lowest BCUT2D eigenvalue weighted by Crippen LogP contribution is -2.03. The van der Waals surface area contributed by atoms with E-state index in [1.807, 2.05) is 72.2 Å². The van der Waals surface area contributed by atoms with Crippen LogP contribution < -0.4 is 5.32 Å². The molecule has 5 rings (SSSR count). The van der Waals surface area contributed by atoms with Crippen molar-refractivity contribution in [1.29, 1.82) is 0 Å². The van der Waals surface area contributed by atoms with Crippen LogP contribution in [-0.2, 0) is 11.2 Å². The molecule has 6 heteroatoms. The number of carbonyl (C=O) groups excluding carboxylic acids is 1. The molecule has 0 atom stereocenters. The molecule has 30 heavy (non-hydrogen) atoms. The topological polar surface area (TPSA) is 72.7 Å². The van der Waals surface area contributed by atoms with Gasteiger partial charge in [0.2, 0.25) is 0 Å². The van der Waals surface area contributed by atoms with Gasteiger partial charge in [0.15, 0.2) is 17.5 Å². The molecule has 0 saturated carbocycles. The summed E-state index contributed by atoms with van der Waals surface area (Å²) in [6.07, 6.45) is 3.74. The van der Waals surface area contributed by atoms with E-state index in [9.17, 15) is 4.79 Å². The van der Waals surface area contributed by atoms with Gasteiger partial charge in [0.05, 0.1) is 11.4 Å². The highest BCUT2D eigenvalue weighted by atomic mass is 16.1. The van der Waals surface area contributed by atoms with E-state index in [1.54, 1.807) is 6.20 Å². The predicted octanol–water partition coefficient (Wildman–Crippen LogP) is 4.97. The maximum atomic E-state index is 12.0. The Morgan fingerprint density at radius 3 is 2.60 bits per heavy atom. The first-order valence-electron chi connectivity index (χ1n) is 10.1. The number of benzene rings is 2. The summed E-state index contributed by atoms with van der Waals surface area (Å²) in [6.45, 7) is 2.03. The van der Waals surface area contributed by atoms with Crippen molar-refractivity contribution in [2.45, 2.75) is 26.2 Å². The SMILES string of the molecule is CCCC(=O)Cc1ccc(-c2nnc3n2-c2cccnc2Nc2ccccc2-3)cc1. The molecular weight excluding hydrogens is 374 g/mol. The lowest BCUT2D eigenvalue weighted by Gasteiger charge is -2.11. The average molecular weight is 395 g/mol. The fourth-order valence-electron chi connectivity index (χ4n) is 3.83. The third-order valence-electron chi connectivity index (χ3n) is 5.25. The van der Waals surface area contributed by atoms with Crippen molar-refractivity contribution in [3.8, 4) is 28.5 Å². The Morgan fingerprint density at radius 2 is 1.77 bits per heavy atom. The molecular formula is C24H21N5O. The van der Waals surface area contributed by atoms with Crippen molar-refractivity contribution >= 4 is 17.3 Å². The third kappa shape index (κ3) is 3.16.